The van der Waals surface area contributed by atoms with Gasteiger partial charge in [-0.25, -0.2) is 0 Å². The van der Waals surface area contributed by atoms with Crippen LogP contribution in [0.4, 0.5) is 0 Å². The maximum Gasteiger partial charge on any atom is 0 e. The van der Waals surface area contributed by atoms with E-state index in [0.717, 1.165) is 0 Å². The SMILES string of the molecule is O=[C-]O.[Co]. The molecule has 3 heteroatoms. The molecule has 2 nitrogen and oxygen atoms in total. The summed E-state index contributed by atoms with van der Waals surface area (Å²) >= 11 is 0. The second-order valence-electron chi connectivity index (χ2n) is 0.0913. The quantitative estimate of drug-likeness (QED) is 0.425. The van der Waals surface area contributed by atoms with Crippen LogP contribution >= 0.6 is 0 Å². The van der Waals surface area contributed by atoms with Crippen LogP contribution < -0.4 is 0 Å². The van der Waals surface area contributed by atoms with E-state index in [0.29, 0.717) is 6.47 Å². The zero-order valence-corrected chi connectivity index (χ0v) is 2.73. The van der Waals surface area contributed by atoms with Crippen LogP contribution in [0.3, 0.4) is 0 Å². The Morgan fingerprint density at radius 3 is 1.75 bits per heavy atom. The van der Waals surface area contributed by atoms with Crippen molar-refractivity contribution < 1.29 is 26.7 Å². The minimum absolute atomic E-state index is 0. The van der Waals surface area contributed by atoms with E-state index in [-0.39, 0.29) is 16.8 Å². The van der Waals surface area contributed by atoms with Crippen molar-refractivity contribution >= 4 is 6.47 Å². The summed E-state index contributed by atoms with van der Waals surface area (Å²) in [6.07, 6.45) is 0. The number of aliphatic hydroxyl groups excluding tert-OH is 1. The minimum atomic E-state index is 0. The summed E-state index contributed by atoms with van der Waals surface area (Å²) in [5.41, 5.74) is 0. The zero-order chi connectivity index (χ0) is 2.71. The van der Waals surface area contributed by atoms with Gasteiger partial charge in [0.25, 0.3) is 0 Å². The van der Waals surface area contributed by atoms with Crippen molar-refractivity contribution in [1.29, 1.82) is 0 Å². The Morgan fingerprint density at radius 1 is 1.75 bits per heavy atom. The molecule has 0 rings (SSSR count). The summed E-state index contributed by atoms with van der Waals surface area (Å²) in [7, 11) is 0. The molecule has 4 heavy (non-hydrogen) atoms. The predicted octanol–water partition coefficient (Wildman–Crippen LogP) is -0.391. The third-order valence-corrected chi connectivity index (χ3v) is 0. The fraction of sp³-hybridized carbons (Fsp3) is 0. The van der Waals surface area contributed by atoms with Crippen molar-refractivity contribution in [2.45, 2.75) is 0 Å². The van der Waals surface area contributed by atoms with E-state index in [1.807, 2.05) is 0 Å². The van der Waals surface area contributed by atoms with Crippen LogP contribution in [0.5, 0.6) is 0 Å². The fourth-order valence-electron chi connectivity index (χ4n) is 0. The van der Waals surface area contributed by atoms with E-state index in [1.165, 1.54) is 0 Å². The number of hydrogen-bond acceptors (Lipinski definition) is 1. The van der Waals surface area contributed by atoms with Gasteiger partial charge in [-0.3, -0.25) is 0 Å². The van der Waals surface area contributed by atoms with Crippen LogP contribution in [0.2, 0.25) is 0 Å². The molecule has 0 fully saturated rings. The molecule has 1 radical (unpaired) electrons. The van der Waals surface area contributed by atoms with Gasteiger partial charge in [-0.1, -0.05) is 6.47 Å². The molecule has 27 valence electrons. The second kappa shape index (κ2) is 12.2. The predicted molar refractivity (Wildman–Crippen MR) is 8.32 cm³/mol. The summed E-state index contributed by atoms with van der Waals surface area (Å²) in [5.74, 6) is 0. The molecular weight excluding hydrogens is 103 g/mol. The van der Waals surface area contributed by atoms with Crippen molar-refractivity contribution in [2.24, 2.45) is 0 Å². The molecule has 0 heterocycles. The van der Waals surface area contributed by atoms with Gasteiger partial charge in [-0.05, 0) is 0 Å². The first-order valence-electron chi connectivity index (χ1n) is 0.428. The van der Waals surface area contributed by atoms with E-state index in [4.69, 9.17) is 9.90 Å². The molecule has 0 spiro atoms. The van der Waals surface area contributed by atoms with Gasteiger partial charge in [-0.2, -0.15) is 0 Å². The van der Waals surface area contributed by atoms with Crippen LogP contribution in [0, 0.1) is 0 Å². The van der Waals surface area contributed by atoms with E-state index >= 15 is 0 Å². The molecule has 0 aromatic heterocycles. The van der Waals surface area contributed by atoms with Crippen molar-refractivity contribution in [1.82, 2.24) is 0 Å². The third kappa shape index (κ3) is 3410. The summed E-state index contributed by atoms with van der Waals surface area (Å²) < 4.78 is 0. The topological polar surface area (TPSA) is 37.3 Å². The summed E-state index contributed by atoms with van der Waals surface area (Å²) in [6.45, 7) is 0.500. The van der Waals surface area contributed by atoms with Crippen LogP contribution in [-0.4, -0.2) is 11.6 Å². The van der Waals surface area contributed by atoms with Crippen molar-refractivity contribution in [3.63, 3.8) is 0 Å². The third-order valence-electron chi connectivity index (χ3n) is 0. The van der Waals surface area contributed by atoms with Crippen LogP contribution in [0.25, 0.3) is 0 Å². The largest absolute Gasteiger partial charge is 0.665 e. The van der Waals surface area contributed by atoms with Gasteiger partial charge in [0.15, 0.2) is 0 Å². The Bertz CT molecular complexity index is 13.5. The molecule has 0 saturated heterocycles. The van der Waals surface area contributed by atoms with Gasteiger partial charge in [0.1, 0.15) is 0 Å². The Hall–Kier alpha value is -0.0235. The van der Waals surface area contributed by atoms with Gasteiger partial charge in [-0.15, -0.1) is 0 Å². The van der Waals surface area contributed by atoms with Gasteiger partial charge in [0.05, 0.1) is 0 Å². The average Bonchev–Trinajstić information content (AvgIpc) is 0.918. The maximum atomic E-state index is 8.24. The molecular formula is CHCoO2-. The van der Waals surface area contributed by atoms with E-state index in [9.17, 15) is 0 Å². The molecule has 0 aromatic rings. The van der Waals surface area contributed by atoms with Crippen LogP contribution in [0.15, 0.2) is 0 Å². The second-order valence-corrected chi connectivity index (χ2v) is 0.0913. The molecule has 0 aliphatic rings. The van der Waals surface area contributed by atoms with Gasteiger partial charge < -0.3 is 9.90 Å². The first kappa shape index (κ1) is 9.02. The minimum Gasteiger partial charge on any atom is -0.665 e. The van der Waals surface area contributed by atoms with E-state index in [1.54, 1.807) is 0 Å². The molecule has 0 aliphatic heterocycles. The fourth-order valence-corrected chi connectivity index (χ4v) is 0. The Kier molecular flexibility index (Phi) is 27.5. The maximum absolute atomic E-state index is 8.24. The molecule has 0 bridgehead atoms. The molecule has 0 saturated carbocycles. The molecule has 0 atom stereocenters. The number of rotatable bonds is 0. The Balaban J connectivity index is 0. The van der Waals surface area contributed by atoms with Crippen LogP contribution in [-0.2, 0) is 21.6 Å². The van der Waals surface area contributed by atoms with E-state index < -0.39 is 0 Å². The van der Waals surface area contributed by atoms with Crippen LogP contribution in [0.1, 0.15) is 0 Å². The summed E-state index contributed by atoms with van der Waals surface area (Å²) in [4.78, 5) is 8.24. The molecule has 0 aliphatic carbocycles. The normalized spacial score (nSPS) is 3.00. The van der Waals surface area contributed by atoms with Crippen molar-refractivity contribution in [2.75, 3.05) is 0 Å². The molecule has 1 N–H and O–H groups in total. The van der Waals surface area contributed by atoms with Crippen molar-refractivity contribution in [3.8, 4) is 0 Å². The molecule has 0 aromatic carbocycles. The monoisotopic (exact) mass is 104 g/mol. The average molecular weight is 104 g/mol. The van der Waals surface area contributed by atoms with E-state index in [2.05, 4.69) is 0 Å². The van der Waals surface area contributed by atoms with Gasteiger partial charge >= 0.3 is 0 Å². The number of hydrogen-bond donors (Lipinski definition) is 1. The molecule has 0 unspecified atom stereocenters. The zero-order valence-electron chi connectivity index (χ0n) is 1.69. The standard InChI is InChI=1S/CHO2.Co/c2-1-3;/h(H,2,3);/q-1;. The smallest absolute Gasteiger partial charge is 0 e. The van der Waals surface area contributed by atoms with Gasteiger partial charge in [0.2, 0.25) is 0 Å². The molecule has 0 amide bonds. The summed E-state index contributed by atoms with van der Waals surface area (Å²) in [5, 5.41) is 6.76. The van der Waals surface area contributed by atoms with Crippen molar-refractivity contribution in [3.05, 3.63) is 0 Å². The first-order valence-corrected chi connectivity index (χ1v) is 0.428. The van der Waals surface area contributed by atoms with Gasteiger partial charge in [0, 0.05) is 16.8 Å². The Morgan fingerprint density at radius 2 is 1.75 bits per heavy atom. The Labute approximate surface area is 34.0 Å². The first-order chi connectivity index (χ1) is 1.41. The summed E-state index contributed by atoms with van der Waals surface area (Å²) in [6, 6.07) is 0.